The molecule has 1 fully saturated rings. The van der Waals surface area contributed by atoms with Crippen LogP contribution in [0.25, 0.3) is 0 Å². The molecule has 0 saturated carbocycles. The molecule has 2 N–H and O–H groups in total. The summed E-state index contributed by atoms with van der Waals surface area (Å²) < 4.78 is 0. The van der Waals surface area contributed by atoms with E-state index in [1.807, 2.05) is 0 Å². The van der Waals surface area contributed by atoms with Crippen molar-refractivity contribution < 1.29 is 0 Å². The van der Waals surface area contributed by atoms with Crippen molar-refractivity contribution in [1.29, 1.82) is 0 Å². The monoisotopic (exact) mass is 260 g/mol. The molecule has 1 aromatic rings. The van der Waals surface area contributed by atoms with E-state index in [0.29, 0.717) is 6.04 Å². The normalized spacial score (nSPS) is 20.6. The zero-order chi connectivity index (χ0) is 13.9. The molecule has 1 heterocycles. The van der Waals surface area contributed by atoms with Gasteiger partial charge in [0.2, 0.25) is 0 Å². The van der Waals surface area contributed by atoms with Gasteiger partial charge in [0.05, 0.1) is 0 Å². The first-order valence-corrected chi connectivity index (χ1v) is 7.60. The molecule has 1 aromatic carbocycles. The third-order valence-electron chi connectivity index (χ3n) is 4.15. The van der Waals surface area contributed by atoms with Crippen molar-refractivity contribution in [2.24, 2.45) is 5.73 Å². The lowest BCUT2D eigenvalue weighted by molar-refractivity contribution is 0.438. The summed E-state index contributed by atoms with van der Waals surface area (Å²) in [5.74, 6) is 0. The fraction of sp³-hybridized carbons (Fsp3) is 0.647. The standard InChI is InChI=1S/C17H28N2/c1-17(2,3)15-9-4-5-10-16(15)19-13-7-6-8-14(19)11-12-18/h4-5,9-10,14H,6-8,11-13,18H2,1-3H3. The lowest BCUT2D eigenvalue weighted by Gasteiger charge is -2.40. The van der Waals surface area contributed by atoms with Gasteiger partial charge in [-0.2, -0.15) is 0 Å². The van der Waals surface area contributed by atoms with Gasteiger partial charge in [-0.1, -0.05) is 39.0 Å². The summed E-state index contributed by atoms with van der Waals surface area (Å²) in [7, 11) is 0. The van der Waals surface area contributed by atoms with Gasteiger partial charge in [-0.15, -0.1) is 0 Å². The van der Waals surface area contributed by atoms with E-state index in [1.165, 1.54) is 37.1 Å². The molecule has 0 bridgehead atoms. The topological polar surface area (TPSA) is 29.3 Å². The number of benzene rings is 1. The minimum Gasteiger partial charge on any atom is -0.368 e. The largest absolute Gasteiger partial charge is 0.368 e. The number of para-hydroxylation sites is 1. The molecule has 2 heteroatoms. The van der Waals surface area contributed by atoms with Crippen LogP contribution in [-0.4, -0.2) is 19.1 Å². The molecule has 0 aromatic heterocycles. The van der Waals surface area contributed by atoms with Crippen LogP contribution in [0.1, 0.15) is 52.0 Å². The van der Waals surface area contributed by atoms with E-state index in [4.69, 9.17) is 5.73 Å². The second-order valence-corrected chi connectivity index (χ2v) is 6.69. The maximum Gasteiger partial charge on any atom is 0.0406 e. The molecular weight excluding hydrogens is 232 g/mol. The smallest absolute Gasteiger partial charge is 0.0406 e. The van der Waals surface area contributed by atoms with Crippen LogP contribution in [0, 0.1) is 0 Å². The maximum atomic E-state index is 5.80. The first kappa shape index (κ1) is 14.4. The molecule has 1 aliphatic heterocycles. The zero-order valence-electron chi connectivity index (χ0n) is 12.7. The molecule has 0 radical (unpaired) electrons. The van der Waals surface area contributed by atoms with Gasteiger partial charge in [-0.3, -0.25) is 0 Å². The van der Waals surface area contributed by atoms with E-state index in [-0.39, 0.29) is 5.41 Å². The molecule has 1 aliphatic rings. The van der Waals surface area contributed by atoms with Gasteiger partial charge < -0.3 is 10.6 Å². The number of rotatable bonds is 3. The minimum atomic E-state index is 0.196. The van der Waals surface area contributed by atoms with Gasteiger partial charge in [0.15, 0.2) is 0 Å². The molecule has 0 aliphatic carbocycles. The molecule has 2 nitrogen and oxygen atoms in total. The van der Waals surface area contributed by atoms with Gasteiger partial charge in [0.25, 0.3) is 0 Å². The second kappa shape index (κ2) is 5.96. The zero-order valence-corrected chi connectivity index (χ0v) is 12.7. The predicted molar refractivity (Wildman–Crippen MR) is 83.8 cm³/mol. The third-order valence-corrected chi connectivity index (χ3v) is 4.15. The number of nitrogens with zero attached hydrogens (tertiary/aromatic N) is 1. The van der Waals surface area contributed by atoms with E-state index >= 15 is 0 Å². The highest BCUT2D eigenvalue weighted by atomic mass is 15.2. The summed E-state index contributed by atoms with van der Waals surface area (Å²) in [6.45, 7) is 8.87. The number of hydrogen-bond acceptors (Lipinski definition) is 2. The highest BCUT2D eigenvalue weighted by molar-refractivity contribution is 5.57. The van der Waals surface area contributed by atoms with Crippen molar-refractivity contribution >= 4 is 5.69 Å². The van der Waals surface area contributed by atoms with Crippen molar-refractivity contribution in [2.75, 3.05) is 18.0 Å². The summed E-state index contributed by atoms with van der Waals surface area (Å²) in [4.78, 5) is 2.61. The van der Waals surface area contributed by atoms with Crippen LogP contribution in [-0.2, 0) is 5.41 Å². The lowest BCUT2D eigenvalue weighted by atomic mass is 9.84. The first-order chi connectivity index (χ1) is 9.04. The Bertz CT molecular complexity index is 404. The molecule has 1 unspecified atom stereocenters. The Kier molecular flexibility index (Phi) is 4.51. The van der Waals surface area contributed by atoms with Crippen LogP contribution in [0.2, 0.25) is 0 Å². The molecule has 19 heavy (non-hydrogen) atoms. The highest BCUT2D eigenvalue weighted by Crippen LogP contribution is 2.35. The Morgan fingerprint density at radius 1 is 1.21 bits per heavy atom. The molecule has 2 rings (SSSR count). The molecule has 0 spiro atoms. The number of piperidine rings is 1. The van der Waals surface area contributed by atoms with Crippen molar-refractivity contribution in [1.82, 2.24) is 0 Å². The Hall–Kier alpha value is -1.02. The van der Waals surface area contributed by atoms with Crippen LogP contribution in [0.15, 0.2) is 24.3 Å². The van der Waals surface area contributed by atoms with E-state index in [9.17, 15) is 0 Å². The van der Waals surface area contributed by atoms with Crippen molar-refractivity contribution in [3.63, 3.8) is 0 Å². The van der Waals surface area contributed by atoms with Crippen molar-refractivity contribution in [3.05, 3.63) is 29.8 Å². The average Bonchev–Trinajstić information content (AvgIpc) is 2.39. The maximum absolute atomic E-state index is 5.80. The van der Waals surface area contributed by atoms with E-state index in [0.717, 1.165) is 13.0 Å². The Morgan fingerprint density at radius 2 is 1.95 bits per heavy atom. The fourth-order valence-corrected chi connectivity index (χ4v) is 3.17. The summed E-state index contributed by atoms with van der Waals surface area (Å²) >= 11 is 0. The fourth-order valence-electron chi connectivity index (χ4n) is 3.17. The predicted octanol–water partition coefficient (Wildman–Crippen LogP) is 3.69. The SMILES string of the molecule is CC(C)(C)c1ccccc1N1CCCCC1CCN. The van der Waals surface area contributed by atoms with Crippen LogP contribution in [0.3, 0.4) is 0 Å². The number of hydrogen-bond donors (Lipinski definition) is 1. The molecule has 1 atom stereocenters. The summed E-state index contributed by atoms with van der Waals surface area (Å²) in [5, 5.41) is 0. The van der Waals surface area contributed by atoms with Crippen molar-refractivity contribution in [2.45, 2.75) is 57.9 Å². The van der Waals surface area contributed by atoms with Gasteiger partial charge >= 0.3 is 0 Å². The first-order valence-electron chi connectivity index (χ1n) is 7.60. The summed E-state index contributed by atoms with van der Waals surface area (Å²) in [6, 6.07) is 9.52. The van der Waals surface area contributed by atoms with E-state index in [1.54, 1.807) is 0 Å². The number of anilines is 1. The van der Waals surface area contributed by atoms with Crippen LogP contribution in [0.4, 0.5) is 5.69 Å². The molecular formula is C17H28N2. The van der Waals surface area contributed by atoms with E-state index in [2.05, 4.69) is 49.9 Å². The van der Waals surface area contributed by atoms with Crippen molar-refractivity contribution in [3.8, 4) is 0 Å². The minimum absolute atomic E-state index is 0.196. The van der Waals surface area contributed by atoms with Gasteiger partial charge in [0.1, 0.15) is 0 Å². The molecule has 0 amide bonds. The Balaban J connectivity index is 2.33. The lowest BCUT2D eigenvalue weighted by Crippen LogP contribution is -2.41. The van der Waals surface area contributed by atoms with Crippen LogP contribution >= 0.6 is 0 Å². The third kappa shape index (κ3) is 3.30. The van der Waals surface area contributed by atoms with E-state index < -0.39 is 0 Å². The van der Waals surface area contributed by atoms with Gasteiger partial charge in [-0.25, -0.2) is 0 Å². The average molecular weight is 260 g/mol. The van der Waals surface area contributed by atoms with Crippen LogP contribution < -0.4 is 10.6 Å². The Labute approximate surface area is 118 Å². The quantitative estimate of drug-likeness (QED) is 0.898. The number of nitrogens with two attached hydrogens (primary N) is 1. The summed E-state index contributed by atoms with van der Waals surface area (Å²) in [6.07, 6.45) is 5.05. The van der Waals surface area contributed by atoms with Gasteiger partial charge in [0, 0.05) is 18.3 Å². The second-order valence-electron chi connectivity index (χ2n) is 6.69. The molecule has 1 saturated heterocycles. The molecule has 106 valence electrons. The summed E-state index contributed by atoms with van der Waals surface area (Å²) in [5.41, 5.74) is 8.87. The highest BCUT2D eigenvalue weighted by Gasteiger charge is 2.26. The van der Waals surface area contributed by atoms with Crippen LogP contribution in [0.5, 0.6) is 0 Å². The Morgan fingerprint density at radius 3 is 2.63 bits per heavy atom. The van der Waals surface area contributed by atoms with Gasteiger partial charge in [-0.05, 0) is 49.3 Å².